The Morgan fingerprint density at radius 1 is 1.48 bits per heavy atom. The molecule has 2 unspecified atom stereocenters. The highest BCUT2D eigenvalue weighted by atomic mass is 32.1. The van der Waals surface area contributed by atoms with Gasteiger partial charge in [-0.05, 0) is 39.0 Å². The number of aromatic nitrogens is 1. The summed E-state index contributed by atoms with van der Waals surface area (Å²) in [6.45, 7) is 3.94. The molecular formula is C15H22N2O3S. The Morgan fingerprint density at radius 3 is 3.14 bits per heavy atom. The number of thiazole rings is 1. The lowest BCUT2D eigenvalue weighted by Gasteiger charge is -2.19. The Morgan fingerprint density at radius 2 is 2.38 bits per heavy atom. The molecule has 1 fully saturated rings. The van der Waals surface area contributed by atoms with E-state index in [2.05, 4.69) is 10.3 Å². The van der Waals surface area contributed by atoms with Crippen LogP contribution in [0.2, 0.25) is 0 Å². The molecule has 0 amide bonds. The molecule has 116 valence electrons. The van der Waals surface area contributed by atoms with E-state index in [9.17, 15) is 4.79 Å². The standard InChI is InChI=1S/C15H22N2O3S/c1-2-19-14(18)11-6-3-7-12-13(11)17-15(21-12)16-9-10-5-4-8-20-10/h10-11H,2-9H2,1H3,(H,16,17). The second-order valence-electron chi connectivity index (χ2n) is 5.54. The maximum atomic E-state index is 12.0. The van der Waals surface area contributed by atoms with Gasteiger partial charge in [0.1, 0.15) is 5.92 Å². The van der Waals surface area contributed by atoms with Crippen LogP contribution in [0.1, 0.15) is 49.1 Å². The third-order valence-corrected chi connectivity index (χ3v) is 5.12. The van der Waals surface area contributed by atoms with Crippen molar-refractivity contribution in [2.45, 2.75) is 51.0 Å². The first kappa shape index (κ1) is 14.8. The van der Waals surface area contributed by atoms with E-state index in [1.54, 1.807) is 11.3 Å². The molecule has 6 heteroatoms. The Bertz CT molecular complexity index is 497. The van der Waals surface area contributed by atoms with Gasteiger partial charge in [0.2, 0.25) is 0 Å². The summed E-state index contributed by atoms with van der Waals surface area (Å²) in [6, 6.07) is 0. The van der Waals surface area contributed by atoms with Crippen molar-refractivity contribution in [3.8, 4) is 0 Å². The molecule has 1 aromatic rings. The molecule has 3 rings (SSSR count). The van der Waals surface area contributed by atoms with E-state index < -0.39 is 0 Å². The molecule has 2 heterocycles. The van der Waals surface area contributed by atoms with E-state index in [4.69, 9.17) is 9.47 Å². The van der Waals surface area contributed by atoms with Crippen molar-refractivity contribution in [3.05, 3.63) is 10.6 Å². The van der Waals surface area contributed by atoms with Crippen LogP contribution < -0.4 is 5.32 Å². The molecule has 1 aromatic heterocycles. The fourth-order valence-corrected chi connectivity index (χ4v) is 4.04. The normalized spacial score (nSPS) is 24.6. The molecule has 1 aliphatic heterocycles. The molecule has 1 N–H and O–H groups in total. The summed E-state index contributed by atoms with van der Waals surface area (Å²) in [4.78, 5) is 17.9. The highest BCUT2D eigenvalue weighted by Crippen LogP contribution is 2.37. The zero-order valence-electron chi connectivity index (χ0n) is 12.4. The minimum Gasteiger partial charge on any atom is -0.465 e. The molecular weight excluding hydrogens is 288 g/mol. The van der Waals surface area contributed by atoms with Gasteiger partial charge in [0.15, 0.2) is 5.13 Å². The van der Waals surface area contributed by atoms with E-state index >= 15 is 0 Å². The number of aryl methyl sites for hydroxylation is 1. The Hall–Kier alpha value is -1.14. The first-order valence-corrected chi connectivity index (χ1v) is 8.61. The SMILES string of the molecule is CCOC(=O)C1CCCc2sc(NCC3CCCO3)nc21. The zero-order valence-corrected chi connectivity index (χ0v) is 13.2. The third-order valence-electron chi connectivity index (χ3n) is 4.03. The summed E-state index contributed by atoms with van der Waals surface area (Å²) in [5, 5.41) is 4.27. The van der Waals surface area contributed by atoms with Gasteiger partial charge in [-0.25, -0.2) is 4.98 Å². The van der Waals surface area contributed by atoms with Crippen LogP contribution in [0.4, 0.5) is 5.13 Å². The maximum absolute atomic E-state index is 12.0. The number of anilines is 1. The van der Waals surface area contributed by atoms with Crippen LogP contribution in [0.25, 0.3) is 0 Å². The minimum atomic E-state index is -0.178. The summed E-state index contributed by atoms with van der Waals surface area (Å²) in [5.74, 6) is -0.308. The summed E-state index contributed by atoms with van der Waals surface area (Å²) >= 11 is 1.67. The van der Waals surface area contributed by atoms with Crippen LogP contribution in [0.3, 0.4) is 0 Å². The Kier molecular flexibility index (Phi) is 4.75. The summed E-state index contributed by atoms with van der Waals surface area (Å²) in [5.41, 5.74) is 0.930. The van der Waals surface area contributed by atoms with Crippen molar-refractivity contribution in [2.24, 2.45) is 0 Å². The van der Waals surface area contributed by atoms with Crippen molar-refractivity contribution in [1.29, 1.82) is 0 Å². The van der Waals surface area contributed by atoms with Crippen molar-refractivity contribution in [1.82, 2.24) is 4.98 Å². The van der Waals surface area contributed by atoms with E-state index in [1.165, 1.54) is 4.88 Å². The van der Waals surface area contributed by atoms with Crippen molar-refractivity contribution >= 4 is 22.4 Å². The predicted octanol–water partition coefficient (Wildman–Crippen LogP) is 2.72. The smallest absolute Gasteiger partial charge is 0.315 e. The van der Waals surface area contributed by atoms with Crippen molar-refractivity contribution in [2.75, 3.05) is 25.1 Å². The van der Waals surface area contributed by atoms with Crippen molar-refractivity contribution < 1.29 is 14.3 Å². The summed E-state index contributed by atoms with van der Waals surface area (Å²) < 4.78 is 10.8. The van der Waals surface area contributed by atoms with Crippen LogP contribution in [-0.4, -0.2) is 36.8 Å². The first-order chi connectivity index (χ1) is 10.3. The average Bonchev–Trinajstić information content (AvgIpc) is 3.13. The second-order valence-corrected chi connectivity index (χ2v) is 6.62. The number of nitrogens with one attached hydrogen (secondary N) is 1. The molecule has 0 spiro atoms. The summed E-state index contributed by atoms with van der Waals surface area (Å²) in [6.07, 6.45) is 5.45. The monoisotopic (exact) mass is 310 g/mol. The van der Waals surface area contributed by atoms with Gasteiger partial charge in [-0.2, -0.15) is 0 Å². The van der Waals surface area contributed by atoms with Crippen LogP contribution in [0, 0.1) is 0 Å². The second kappa shape index (κ2) is 6.75. The third kappa shape index (κ3) is 3.37. The molecule has 2 atom stereocenters. The lowest BCUT2D eigenvalue weighted by atomic mass is 9.91. The predicted molar refractivity (Wildman–Crippen MR) is 81.9 cm³/mol. The van der Waals surface area contributed by atoms with Crippen molar-refractivity contribution in [3.63, 3.8) is 0 Å². The number of nitrogens with zero attached hydrogens (tertiary/aromatic N) is 1. The topological polar surface area (TPSA) is 60.5 Å². The number of fused-ring (bicyclic) bond motifs is 1. The van der Waals surface area contributed by atoms with Gasteiger partial charge in [0, 0.05) is 18.0 Å². The van der Waals surface area contributed by atoms with Gasteiger partial charge in [0.25, 0.3) is 0 Å². The number of esters is 1. The number of hydrogen-bond donors (Lipinski definition) is 1. The van der Waals surface area contributed by atoms with Crippen LogP contribution >= 0.6 is 11.3 Å². The van der Waals surface area contributed by atoms with Crippen LogP contribution in [0.5, 0.6) is 0 Å². The molecule has 0 bridgehead atoms. The minimum absolute atomic E-state index is 0.130. The lowest BCUT2D eigenvalue weighted by molar-refractivity contribution is -0.145. The number of hydrogen-bond acceptors (Lipinski definition) is 6. The molecule has 2 aliphatic rings. The molecule has 5 nitrogen and oxygen atoms in total. The number of carbonyl (C=O) groups excluding carboxylic acids is 1. The van der Waals surface area contributed by atoms with E-state index in [-0.39, 0.29) is 11.9 Å². The van der Waals surface area contributed by atoms with Gasteiger partial charge in [-0.1, -0.05) is 0 Å². The highest BCUT2D eigenvalue weighted by Gasteiger charge is 2.31. The van der Waals surface area contributed by atoms with E-state index in [0.717, 1.165) is 56.1 Å². The molecule has 1 saturated heterocycles. The summed E-state index contributed by atoms with van der Waals surface area (Å²) in [7, 11) is 0. The quantitative estimate of drug-likeness (QED) is 0.847. The molecule has 1 aliphatic carbocycles. The number of ether oxygens (including phenoxy) is 2. The maximum Gasteiger partial charge on any atom is 0.315 e. The Balaban J connectivity index is 1.66. The van der Waals surface area contributed by atoms with Gasteiger partial charge in [-0.15, -0.1) is 11.3 Å². The van der Waals surface area contributed by atoms with Gasteiger partial charge < -0.3 is 14.8 Å². The van der Waals surface area contributed by atoms with E-state index in [0.29, 0.717) is 12.7 Å². The molecule has 0 radical (unpaired) electrons. The van der Waals surface area contributed by atoms with Gasteiger partial charge in [-0.3, -0.25) is 4.79 Å². The van der Waals surface area contributed by atoms with Crippen LogP contribution in [0.15, 0.2) is 0 Å². The molecule has 0 aromatic carbocycles. The molecule has 0 saturated carbocycles. The molecule has 21 heavy (non-hydrogen) atoms. The average molecular weight is 310 g/mol. The zero-order chi connectivity index (χ0) is 14.7. The van der Waals surface area contributed by atoms with E-state index in [1.807, 2.05) is 6.92 Å². The first-order valence-electron chi connectivity index (χ1n) is 7.79. The highest BCUT2D eigenvalue weighted by molar-refractivity contribution is 7.15. The van der Waals surface area contributed by atoms with Gasteiger partial charge >= 0.3 is 5.97 Å². The fourth-order valence-electron chi connectivity index (χ4n) is 2.97. The largest absolute Gasteiger partial charge is 0.465 e. The lowest BCUT2D eigenvalue weighted by Crippen LogP contribution is -2.21. The van der Waals surface area contributed by atoms with Gasteiger partial charge in [0.05, 0.1) is 18.4 Å². The van der Waals surface area contributed by atoms with Crippen LogP contribution in [-0.2, 0) is 20.7 Å². The number of rotatable bonds is 5. The number of carbonyl (C=O) groups is 1. The fraction of sp³-hybridized carbons (Fsp3) is 0.733. The Labute approximate surface area is 129 Å².